The Kier molecular flexibility index (Phi) is 8.77. The van der Waals surface area contributed by atoms with Crippen LogP contribution in [0.15, 0.2) is 21.8 Å². The number of carbonyl (C=O) groups is 2. The highest BCUT2D eigenvalue weighted by atomic mass is 32.1. The van der Waals surface area contributed by atoms with Crippen LogP contribution in [0.1, 0.15) is 95.4 Å². The third-order valence-electron chi connectivity index (χ3n) is 8.53. The van der Waals surface area contributed by atoms with Crippen LogP contribution in [-0.2, 0) is 9.59 Å². The van der Waals surface area contributed by atoms with E-state index in [0.29, 0.717) is 17.5 Å². The molecule has 0 radical (unpaired) electrons. The van der Waals surface area contributed by atoms with Crippen molar-refractivity contribution in [1.29, 1.82) is 0 Å². The zero-order chi connectivity index (χ0) is 32.0. The van der Waals surface area contributed by atoms with E-state index in [2.05, 4.69) is 41.8 Å². The summed E-state index contributed by atoms with van der Waals surface area (Å²) in [6.45, 7) is 12.2. The summed E-state index contributed by atoms with van der Waals surface area (Å²) in [7, 11) is 0. The van der Waals surface area contributed by atoms with Crippen LogP contribution in [0.25, 0.3) is 30.4 Å². The quantitative estimate of drug-likeness (QED) is 0.197. The summed E-state index contributed by atoms with van der Waals surface area (Å²) in [6, 6.07) is 0. The van der Waals surface area contributed by atoms with Gasteiger partial charge in [-0.25, -0.2) is 4.99 Å². The Morgan fingerprint density at radius 1 is 0.795 bits per heavy atom. The van der Waals surface area contributed by atoms with Gasteiger partial charge in [0.1, 0.15) is 0 Å². The largest absolute Gasteiger partial charge is 0.481 e. The summed E-state index contributed by atoms with van der Waals surface area (Å²) in [6.07, 6.45) is 9.93. The van der Waals surface area contributed by atoms with Gasteiger partial charge in [0.2, 0.25) is 0 Å². The minimum atomic E-state index is -0.927. The van der Waals surface area contributed by atoms with Crippen LogP contribution in [0.3, 0.4) is 0 Å². The van der Waals surface area contributed by atoms with Gasteiger partial charge in [0.05, 0.1) is 17.8 Å². The molecule has 3 aromatic heterocycles. The number of aliphatic carboxylic acids is 2. The average Bonchev–Trinajstić information content (AvgIpc) is 3.59. The van der Waals surface area contributed by atoms with Crippen molar-refractivity contribution in [3.05, 3.63) is 83.0 Å². The molecule has 0 saturated heterocycles. The molecule has 230 valence electrons. The van der Waals surface area contributed by atoms with Crippen LogP contribution in [0, 0.1) is 20.8 Å². The molecule has 0 unspecified atom stereocenters. The Balaban J connectivity index is 1.93. The molecule has 0 spiro atoms. The molecule has 2 aliphatic rings. The van der Waals surface area contributed by atoms with Gasteiger partial charge >= 0.3 is 11.9 Å². The molecule has 0 aliphatic carbocycles. The lowest BCUT2D eigenvalue weighted by Gasteiger charge is -2.06. The van der Waals surface area contributed by atoms with Crippen molar-refractivity contribution >= 4 is 73.3 Å². The van der Waals surface area contributed by atoms with Crippen molar-refractivity contribution in [3.8, 4) is 0 Å². The van der Waals surface area contributed by atoms with E-state index in [4.69, 9.17) is 30.2 Å². The summed E-state index contributed by atoms with van der Waals surface area (Å²) in [5.41, 5.74) is 11.1. The van der Waals surface area contributed by atoms with E-state index in [1.807, 2.05) is 39.0 Å². The highest BCUT2D eigenvalue weighted by Crippen LogP contribution is 2.34. The van der Waals surface area contributed by atoms with E-state index in [-0.39, 0.29) is 23.3 Å². The predicted octanol–water partition coefficient (Wildman–Crippen LogP) is 4.26. The van der Waals surface area contributed by atoms with Gasteiger partial charge in [-0.05, 0) is 116 Å². The summed E-state index contributed by atoms with van der Waals surface area (Å²) in [5.74, 6) is -1.81. The molecule has 44 heavy (non-hydrogen) atoms. The van der Waals surface area contributed by atoms with Gasteiger partial charge in [-0.3, -0.25) is 9.59 Å². The molecule has 2 atom stereocenters. The Labute approximate surface area is 266 Å². The van der Waals surface area contributed by atoms with Crippen LogP contribution >= 0.6 is 25.3 Å². The number of thiol groups is 2. The Hall–Kier alpha value is -3.89. The number of rotatable bonds is 7. The summed E-state index contributed by atoms with van der Waals surface area (Å²) in [4.78, 5) is 38.9. The van der Waals surface area contributed by atoms with Crippen molar-refractivity contribution in [2.45, 2.75) is 71.3 Å². The van der Waals surface area contributed by atoms with E-state index in [0.717, 1.165) is 77.7 Å². The van der Waals surface area contributed by atoms with Crippen LogP contribution in [0.2, 0.25) is 0 Å². The molecule has 8 bridgehead atoms. The van der Waals surface area contributed by atoms with Crippen LogP contribution < -0.4 is 21.3 Å². The zero-order valence-electron chi connectivity index (χ0n) is 25.7. The van der Waals surface area contributed by atoms with E-state index >= 15 is 0 Å². The Bertz CT molecular complexity index is 2050. The van der Waals surface area contributed by atoms with E-state index in [1.165, 1.54) is 0 Å². The fourth-order valence-electron chi connectivity index (χ4n) is 6.26. The zero-order valence-corrected chi connectivity index (χ0v) is 27.5. The van der Waals surface area contributed by atoms with Gasteiger partial charge in [-0.1, -0.05) is 6.08 Å². The maximum atomic E-state index is 11.6. The average molecular weight is 631 g/mol. The Morgan fingerprint density at radius 2 is 1.45 bits per heavy atom. The lowest BCUT2D eigenvalue weighted by Crippen LogP contribution is -2.26. The number of nitrogens with one attached hydrogen (secondary N) is 3. The van der Waals surface area contributed by atoms with Crippen LogP contribution in [0.4, 0.5) is 0 Å². The first kappa shape index (κ1) is 31.5. The first-order chi connectivity index (χ1) is 20.8. The van der Waals surface area contributed by atoms with Crippen LogP contribution in [0.5, 0.6) is 0 Å². The summed E-state index contributed by atoms with van der Waals surface area (Å²) >= 11 is 9.64. The number of carboxylic acid groups (broad SMARTS) is 2. The highest BCUT2D eigenvalue weighted by Gasteiger charge is 2.23. The molecular weight excluding hydrogens is 593 g/mol. The van der Waals surface area contributed by atoms with Gasteiger partial charge in [-0.2, -0.15) is 25.3 Å². The lowest BCUT2D eigenvalue weighted by molar-refractivity contribution is -0.137. The third kappa shape index (κ3) is 5.93. The first-order valence-electron chi connectivity index (χ1n) is 14.6. The van der Waals surface area contributed by atoms with Gasteiger partial charge in [0, 0.05) is 50.0 Å². The molecule has 5 rings (SSSR count). The molecular formula is C34H38N4O4S2. The number of aromatic amines is 3. The number of carboxylic acids is 2. The molecule has 10 heteroatoms. The number of allylic oxidation sites excluding steroid dienone is 2. The number of hydrogen-bond acceptors (Lipinski definition) is 5. The fraction of sp³-hybridized carbons (Fsp3) is 0.324. The van der Waals surface area contributed by atoms with E-state index < -0.39 is 11.9 Å². The standard InChI is InChI=1S/C34H38N4O4S2/c1-15-21(7-9-31(39)40)27-14-28-22(8-10-32(41)42)16(2)24(36-28)12-29-34(20(6)44)18(4)26(38-29)13-30-33(19(5)43)17(3)25(37-30)11-23(15)35-27/h8,11-14,19-20,36-38,43-44H,7,9-10H2,1-6H3,(H,39,40)(H,41,42)/b22-8+,23-11-,26-13-,28-14?,29-12-/t19-,20-/m0/s1. The number of fused-ring (bicyclic) bond motifs is 7. The maximum absolute atomic E-state index is 11.6. The minimum Gasteiger partial charge on any atom is -0.481 e. The van der Waals surface area contributed by atoms with E-state index in [9.17, 15) is 19.8 Å². The highest BCUT2D eigenvalue weighted by molar-refractivity contribution is 7.80. The number of aliphatic imine (C=N–C) groups is 1. The normalized spacial score (nSPS) is 18.9. The van der Waals surface area contributed by atoms with Gasteiger partial charge in [-0.15, -0.1) is 0 Å². The molecule has 0 aromatic carbocycles. The molecule has 5 heterocycles. The second kappa shape index (κ2) is 12.2. The molecule has 0 fully saturated rings. The predicted molar refractivity (Wildman–Crippen MR) is 183 cm³/mol. The van der Waals surface area contributed by atoms with Crippen molar-refractivity contribution < 1.29 is 19.8 Å². The van der Waals surface area contributed by atoms with Crippen molar-refractivity contribution in [2.75, 3.05) is 0 Å². The van der Waals surface area contributed by atoms with Gasteiger partial charge in [0.15, 0.2) is 0 Å². The second-order valence-corrected chi connectivity index (χ2v) is 13.1. The van der Waals surface area contributed by atoms with E-state index in [1.54, 1.807) is 6.08 Å². The monoisotopic (exact) mass is 630 g/mol. The Morgan fingerprint density at radius 3 is 2.09 bits per heavy atom. The first-order valence-corrected chi connectivity index (χ1v) is 15.7. The van der Waals surface area contributed by atoms with Crippen LogP contribution in [-0.4, -0.2) is 42.8 Å². The fourth-order valence-corrected chi connectivity index (χ4v) is 6.93. The molecule has 0 saturated carbocycles. The number of H-pyrrole nitrogens is 3. The molecule has 0 amide bonds. The second-order valence-electron chi connectivity index (χ2n) is 11.6. The minimum absolute atomic E-state index is 0.0322. The molecule has 5 N–H and O–H groups in total. The lowest BCUT2D eigenvalue weighted by atomic mass is 9.99. The van der Waals surface area contributed by atoms with Gasteiger partial charge in [0.25, 0.3) is 0 Å². The molecule has 3 aromatic rings. The van der Waals surface area contributed by atoms with Crippen molar-refractivity contribution in [1.82, 2.24) is 15.0 Å². The number of aromatic nitrogens is 3. The van der Waals surface area contributed by atoms with Crippen molar-refractivity contribution in [3.63, 3.8) is 0 Å². The molecule has 2 aliphatic heterocycles. The smallest absolute Gasteiger partial charge is 0.307 e. The van der Waals surface area contributed by atoms with Gasteiger partial charge < -0.3 is 25.2 Å². The maximum Gasteiger partial charge on any atom is 0.307 e. The number of hydrogen-bond donors (Lipinski definition) is 7. The van der Waals surface area contributed by atoms with Crippen molar-refractivity contribution in [2.24, 2.45) is 4.99 Å². The number of nitrogens with zero attached hydrogens (tertiary/aromatic N) is 1. The summed E-state index contributed by atoms with van der Waals surface area (Å²) < 4.78 is 0. The summed E-state index contributed by atoms with van der Waals surface area (Å²) in [5, 5.41) is 22.2. The third-order valence-corrected chi connectivity index (χ3v) is 9.05. The SMILES string of the molecule is CC1=C(CCC(=O)O)C2=N/C1=C\c1[nH]c(c([C@H](C)S)c1C)/C=c1\[nH]/c(c([C@H](C)S)c1C)=C\c1[nH]c(/c(=C/CC(=O)O)c1C)=C2. The topological polar surface area (TPSA) is 134 Å². The molecule has 8 nitrogen and oxygen atoms in total.